The largest absolute Gasteiger partial charge is 0.632 e. The molecule has 0 unspecified atom stereocenters. The number of aromatic nitrogens is 1. The van der Waals surface area contributed by atoms with E-state index >= 15 is 4.39 Å². The van der Waals surface area contributed by atoms with Crippen LogP contribution in [0.15, 0.2) is 48.5 Å². The fourth-order valence-corrected chi connectivity index (χ4v) is 4.99. The van der Waals surface area contributed by atoms with Gasteiger partial charge in [-0.25, -0.2) is 4.39 Å². The van der Waals surface area contributed by atoms with Gasteiger partial charge in [0.05, 0.1) is 29.5 Å². The second kappa shape index (κ2) is 6.93. The van der Waals surface area contributed by atoms with Gasteiger partial charge in [-0.15, -0.1) is 0 Å². The first-order valence-corrected chi connectivity index (χ1v) is 10.6. The van der Waals surface area contributed by atoms with E-state index in [2.05, 4.69) is 0 Å². The third kappa shape index (κ3) is 2.82. The highest BCUT2D eigenvalue weighted by atomic mass is 19.1. The first-order valence-electron chi connectivity index (χ1n) is 10.6. The average molecular weight is 435 g/mol. The van der Waals surface area contributed by atoms with Gasteiger partial charge in [-0.2, -0.15) is 8.96 Å². The van der Waals surface area contributed by atoms with Gasteiger partial charge in [0.1, 0.15) is 44.0 Å². The predicted molar refractivity (Wildman–Crippen MR) is 116 cm³/mol. The molecule has 6 rings (SSSR count). The zero-order valence-corrected chi connectivity index (χ0v) is 17.5. The summed E-state index contributed by atoms with van der Waals surface area (Å²) in [6, 6.07) is 13.6. The molecular formula is C25H21F2N2O3+. The number of nitrogens with zero attached hydrogens (tertiary/aromatic N) is 2. The summed E-state index contributed by atoms with van der Waals surface area (Å²) in [7, 11) is 1.77. The number of ether oxygens (including phenoxy) is 2. The zero-order valence-electron chi connectivity index (χ0n) is 17.5. The summed E-state index contributed by atoms with van der Waals surface area (Å²) in [4.78, 5) is 0. The Morgan fingerprint density at radius 2 is 1.81 bits per heavy atom. The van der Waals surface area contributed by atoms with Gasteiger partial charge >= 0.3 is 0 Å². The number of fused-ring (bicyclic) bond motifs is 4. The normalized spacial score (nSPS) is 16.8. The molecule has 2 aliphatic heterocycles. The Hall–Kier alpha value is -3.13. The molecule has 162 valence electrons. The Kier molecular flexibility index (Phi) is 4.24. The van der Waals surface area contributed by atoms with Crippen LogP contribution in [0, 0.1) is 16.8 Å². The van der Waals surface area contributed by atoms with Crippen molar-refractivity contribution in [1.82, 2.24) is 0 Å². The van der Waals surface area contributed by atoms with Gasteiger partial charge in [0.25, 0.3) is 0 Å². The number of benzene rings is 3. The van der Waals surface area contributed by atoms with Crippen molar-refractivity contribution in [3.63, 3.8) is 0 Å². The molecule has 1 saturated heterocycles. The first kappa shape index (κ1) is 19.5. The summed E-state index contributed by atoms with van der Waals surface area (Å²) < 4.78 is 42.7. The maximum atomic E-state index is 16.0. The van der Waals surface area contributed by atoms with Gasteiger partial charge in [0.15, 0.2) is 0 Å². The van der Waals surface area contributed by atoms with Gasteiger partial charge in [-0.05, 0) is 36.4 Å². The number of morpholine rings is 1. The van der Waals surface area contributed by atoms with Crippen LogP contribution in [0.5, 0.6) is 11.5 Å². The molecule has 1 fully saturated rings. The molecule has 1 aromatic heterocycles. The topological polar surface area (TPSA) is 45.4 Å². The SMILES string of the molecule is C[n+]1c2c3c(cccc3c3ccc(C[N+]4([O-])CCOCC4)c(F)c31)Oc1ccc(F)cc1-2. The van der Waals surface area contributed by atoms with Crippen LogP contribution in [0.4, 0.5) is 8.78 Å². The molecule has 2 aliphatic rings. The number of hydrogen-bond acceptors (Lipinski definition) is 3. The fraction of sp³-hybridized carbons (Fsp3) is 0.240. The number of rotatable bonds is 2. The van der Waals surface area contributed by atoms with Crippen molar-refractivity contribution in [2.45, 2.75) is 6.54 Å². The Morgan fingerprint density at radius 3 is 2.62 bits per heavy atom. The Balaban J connectivity index is 1.65. The van der Waals surface area contributed by atoms with E-state index in [4.69, 9.17) is 9.47 Å². The van der Waals surface area contributed by atoms with Crippen LogP contribution in [0.1, 0.15) is 5.56 Å². The van der Waals surface area contributed by atoms with Gasteiger partial charge in [0.2, 0.25) is 17.0 Å². The highest BCUT2D eigenvalue weighted by Gasteiger charge is 2.33. The molecule has 3 aromatic carbocycles. The lowest BCUT2D eigenvalue weighted by Crippen LogP contribution is -2.49. The fourth-order valence-electron chi connectivity index (χ4n) is 4.99. The Bertz CT molecular complexity index is 1410. The number of aryl methyl sites for hydroxylation is 1. The van der Waals surface area contributed by atoms with Crippen LogP contribution in [0.2, 0.25) is 0 Å². The van der Waals surface area contributed by atoms with Crippen molar-refractivity contribution < 1.29 is 27.5 Å². The number of pyridine rings is 1. The summed E-state index contributed by atoms with van der Waals surface area (Å²) in [5, 5.41) is 15.4. The maximum absolute atomic E-state index is 16.0. The van der Waals surface area contributed by atoms with Crippen molar-refractivity contribution in [2.24, 2.45) is 7.05 Å². The second-order valence-corrected chi connectivity index (χ2v) is 8.54. The average Bonchev–Trinajstić information content (AvgIpc) is 2.78. The maximum Gasteiger partial charge on any atom is 0.250 e. The molecule has 0 amide bonds. The molecule has 0 bridgehead atoms. The monoisotopic (exact) mass is 435 g/mol. The van der Waals surface area contributed by atoms with Gasteiger partial charge in [0, 0.05) is 10.9 Å². The van der Waals surface area contributed by atoms with Crippen LogP contribution < -0.4 is 9.30 Å². The number of quaternary nitrogens is 1. The molecule has 3 heterocycles. The predicted octanol–water partition coefficient (Wildman–Crippen LogP) is 4.71. The molecule has 32 heavy (non-hydrogen) atoms. The van der Waals surface area contributed by atoms with E-state index in [9.17, 15) is 9.60 Å². The van der Waals surface area contributed by atoms with Crippen molar-refractivity contribution >= 4 is 21.7 Å². The van der Waals surface area contributed by atoms with Gasteiger partial charge < -0.3 is 19.3 Å². The summed E-state index contributed by atoms with van der Waals surface area (Å²) in [6.45, 7) is 1.42. The third-order valence-corrected chi connectivity index (χ3v) is 6.58. The molecular weight excluding hydrogens is 414 g/mol. The Morgan fingerprint density at radius 1 is 1.00 bits per heavy atom. The van der Waals surface area contributed by atoms with Gasteiger partial charge in [-0.1, -0.05) is 12.1 Å². The van der Waals surface area contributed by atoms with Crippen molar-refractivity contribution in [1.29, 1.82) is 0 Å². The molecule has 0 saturated carbocycles. The van der Waals surface area contributed by atoms with Gasteiger partial charge in [-0.3, -0.25) is 0 Å². The molecule has 7 heteroatoms. The minimum atomic E-state index is -0.501. The number of hydroxylamine groups is 3. The summed E-state index contributed by atoms with van der Waals surface area (Å²) in [5.74, 6) is 0.364. The van der Waals surface area contributed by atoms with Crippen LogP contribution in [-0.2, 0) is 18.3 Å². The molecule has 0 spiro atoms. The number of hydrogen-bond donors (Lipinski definition) is 0. The zero-order chi connectivity index (χ0) is 22.0. The van der Waals surface area contributed by atoms with Crippen molar-refractivity contribution in [3.05, 3.63) is 70.9 Å². The molecule has 5 nitrogen and oxygen atoms in total. The van der Waals surface area contributed by atoms with E-state index in [1.54, 1.807) is 23.7 Å². The first-order chi connectivity index (χ1) is 15.5. The number of halogens is 2. The molecule has 4 aromatic rings. The summed E-state index contributed by atoms with van der Waals surface area (Å²) >= 11 is 0. The van der Waals surface area contributed by atoms with E-state index in [1.807, 2.05) is 24.3 Å². The van der Waals surface area contributed by atoms with E-state index in [0.29, 0.717) is 60.1 Å². The summed E-state index contributed by atoms with van der Waals surface area (Å²) in [6.07, 6.45) is 0. The van der Waals surface area contributed by atoms with Crippen molar-refractivity contribution in [3.8, 4) is 22.8 Å². The van der Waals surface area contributed by atoms with Crippen LogP contribution in [0.3, 0.4) is 0 Å². The Labute approximate surface area is 183 Å². The minimum Gasteiger partial charge on any atom is -0.632 e. The third-order valence-electron chi connectivity index (χ3n) is 6.58. The highest BCUT2D eigenvalue weighted by Crippen LogP contribution is 2.46. The van der Waals surface area contributed by atoms with Crippen LogP contribution in [-0.4, -0.2) is 30.9 Å². The van der Waals surface area contributed by atoms with E-state index in [0.717, 1.165) is 16.2 Å². The molecule has 0 aliphatic carbocycles. The smallest absolute Gasteiger partial charge is 0.250 e. The minimum absolute atomic E-state index is 0.0485. The second-order valence-electron chi connectivity index (χ2n) is 8.54. The highest BCUT2D eigenvalue weighted by molar-refractivity contribution is 6.12. The lowest BCUT2D eigenvalue weighted by atomic mass is 9.95. The van der Waals surface area contributed by atoms with E-state index in [1.165, 1.54) is 12.1 Å². The quantitative estimate of drug-likeness (QED) is 0.175. The van der Waals surface area contributed by atoms with E-state index in [-0.39, 0.29) is 12.4 Å². The van der Waals surface area contributed by atoms with Crippen molar-refractivity contribution in [2.75, 3.05) is 26.3 Å². The standard InChI is InChI=1S/C25H21F2N2O3/c1-28-24-19-13-16(26)6-8-20(19)32-21-4-2-3-17(22(21)24)18-7-5-15(23(27)25(18)28)14-29(30)9-11-31-12-10-29/h2-8,13H,9-12,14H2,1H3/q+1. The molecule has 0 N–H and O–H groups in total. The van der Waals surface area contributed by atoms with E-state index < -0.39 is 10.5 Å². The lowest BCUT2D eigenvalue weighted by molar-refractivity contribution is -0.901. The summed E-state index contributed by atoms with van der Waals surface area (Å²) in [5.41, 5.74) is 2.03. The molecule has 0 radical (unpaired) electrons. The van der Waals surface area contributed by atoms with Crippen LogP contribution in [0.25, 0.3) is 32.9 Å². The molecule has 0 atom stereocenters. The lowest BCUT2D eigenvalue weighted by Gasteiger charge is -2.45. The van der Waals surface area contributed by atoms with Crippen LogP contribution >= 0.6 is 0 Å².